The first-order valence-electron chi connectivity index (χ1n) is 7.81. The standard InChI is InChI=1S/C16H22N4O3/c1-18(2)15(21)17-14-9-8-13-10-19(14)16(22)20(13)23-11-12-6-4-3-5-7-12/h3-7,13-14H,8-11H2,1-2H3,(H,17,21)/t13-,14+/m1/s1. The Labute approximate surface area is 135 Å². The van der Waals surface area contributed by atoms with E-state index in [9.17, 15) is 9.59 Å². The third-order valence-corrected chi connectivity index (χ3v) is 4.23. The fraction of sp³-hybridized carbons (Fsp3) is 0.500. The number of rotatable bonds is 4. The van der Waals surface area contributed by atoms with Crippen molar-refractivity contribution in [1.82, 2.24) is 20.2 Å². The molecule has 2 heterocycles. The summed E-state index contributed by atoms with van der Waals surface area (Å²) < 4.78 is 0. The quantitative estimate of drug-likeness (QED) is 0.917. The maximum Gasteiger partial charge on any atom is 0.345 e. The molecule has 7 nitrogen and oxygen atoms in total. The molecule has 2 fully saturated rings. The van der Waals surface area contributed by atoms with Gasteiger partial charge in [0.2, 0.25) is 0 Å². The molecule has 0 unspecified atom stereocenters. The molecule has 124 valence electrons. The number of benzene rings is 1. The van der Waals surface area contributed by atoms with Crippen LogP contribution in [0.15, 0.2) is 30.3 Å². The molecule has 2 aliphatic rings. The molecule has 2 atom stereocenters. The Hall–Kier alpha value is -2.28. The molecule has 4 amide bonds. The first-order valence-corrected chi connectivity index (χ1v) is 7.81. The second-order valence-corrected chi connectivity index (χ2v) is 6.11. The number of nitrogens with zero attached hydrogens (tertiary/aromatic N) is 3. The zero-order valence-electron chi connectivity index (χ0n) is 13.4. The van der Waals surface area contributed by atoms with Crippen molar-refractivity contribution in [3.63, 3.8) is 0 Å². The van der Waals surface area contributed by atoms with Crippen molar-refractivity contribution < 1.29 is 14.4 Å². The Morgan fingerprint density at radius 1 is 1.30 bits per heavy atom. The minimum atomic E-state index is -0.265. The number of piperidine rings is 1. The van der Waals surface area contributed by atoms with Crippen LogP contribution in [0.25, 0.3) is 0 Å². The van der Waals surface area contributed by atoms with Crippen LogP contribution in [0.2, 0.25) is 0 Å². The monoisotopic (exact) mass is 318 g/mol. The van der Waals surface area contributed by atoms with E-state index in [-0.39, 0.29) is 24.3 Å². The van der Waals surface area contributed by atoms with Crippen molar-refractivity contribution in [2.45, 2.75) is 31.7 Å². The predicted molar refractivity (Wildman–Crippen MR) is 84.2 cm³/mol. The molecule has 2 saturated heterocycles. The van der Waals surface area contributed by atoms with Gasteiger partial charge in [0.15, 0.2) is 0 Å². The normalized spacial score (nSPS) is 23.1. The van der Waals surface area contributed by atoms with E-state index in [1.165, 1.54) is 9.96 Å². The number of carbonyl (C=O) groups excluding carboxylic acids is 2. The lowest BCUT2D eigenvalue weighted by molar-refractivity contribution is -0.140. The van der Waals surface area contributed by atoms with Crippen LogP contribution in [0.3, 0.4) is 0 Å². The Kier molecular flexibility index (Phi) is 4.38. The van der Waals surface area contributed by atoms with E-state index >= 15 is 0 Å². The molecule has 1 aromatic rings. The molecular formula is C16H22N4O3. The largest absolute Gasteiger partial charge is 0.345 e. The molecule has 0 aliphatic carbocycles. The number of fused-ring (bicyclic) bond motifs is 2. The Morgan fingerprint density at radius 2 is 2.04 bits per heavy atom. The van der Waals surface area contributed by atoms with Gasteiger partial charge in [0, 0.05) is 20.6 Å². The summed E-state index contributed by atoms with van der Waals surface area (Å²) in [5, 5.41) is 4.35. The zero-order chi connectivity index (χ0) is 16.4. The van der Waals surface area contributed by atoms with Gasteiger partial charge in [0.25, 0.3) is 0 Å². The van der Waals surface area contributed by atoms with Crippen LogP contribution in [-0.2, 0) is 11.4 Å². The molecule has 0 aromatic heterocycles. The Bertz CT molecular complexity index is 578. The maximum absolute atomic E-state index is 12.5. The molecule has 23 heavy (non-hydrogen) atoms. The van der Waals surface area contributed by atoms with Gasteiger partial charge >= 0.3 is 12.1 Å². The minimum Gasteiger partial charge on any atom is -0.331 e. The third kappa shape index (κ3) is 3.24. The molecule has 1 aromatic carbocycles. The second kappa shape index (κ2) is 6.45. The highest BCUT2D eigenvalue weighted by atomic mass is 16.7. The van der Waals surface area contributed by atoms with Gasteiger partial charge in [-0.1, -0.05) is 30.3 Å². The number of hydrogen-bond acceptors (Lipinski definition) is 3. The number of hydroxylamine groups is 2. The summed E-state index contributed by atoms with van der Waals surface area (Å²) in [5.41, 5.74) is 1.02. The number of nitrogens with one attached hydrogen (secondary N) is 1. The van der Waals surface area contributed by atoms with Gasteiger partial charge in [-0.05, 0) is 18.4 Å². The number of carbonyl (C=O) groups is 2. The smallest absolute Gasteiger partial charge is 0.331 e. The third-order valence-electron chi connectivity index (χ3n) is 4.23. The van der Waals surface area contributed by atoms with Gasteiger partial charge in [-0.3, -0.25) is 4.84 Å². The first-order chi connectivity index (χ1) is 11.1. The van der Waals surface area contributed by atoms with Crippen LogP contribution >= 0.6 is 0 Å². The molecule has 1 N–H and O–H groups in total. The molecule has 7 heteroatoms. The van der Waals surface area contributed by atoms with Crippen molar-refractivity contribution in [1.29, 1.82) is 0 Å². The van der Waals surface area contributed by atoms with E-state index in [1.54, 1.807) is 19.0 Å². The van der Waals surface area contributed by atoms with Crippen LogP contribution < -0.4 is 5.32 Å². The number of urea groups is 2. The van der Waals surface area contributed by atoms with Gasteiger partial charge < -0.3 is 15.1 Å². The summed E-state index contributed by atoms with van der Waals surface area (Å²) >= 11 is 0. The molecule has 2 aliphatic heterocycles. The second-order valence-electron chi connectivity index (χ2n) is 6.11. The molecule has 0 radical (unpaired) electrons. The summed E-state index contributed by atoms with van der Waals surface area (Å²) in [6, 6.07) is 9.45. The molecule has 2 bridgehead atoms. The van der Waals surface area contributed by atoms with Crippen molar-refractivity contribution in [3.05, 3.63) is 35.9 Å². The van der Waals surface area contributed by atoms with Crippen LogP contribution in [0.1, 0.15) is 18.4 Å². The Balaban J connectivity index is 1.61. The number of hydrogen-bond donors (Lipinski definition) is 1. The fourth-order valence-electron chi connectivity index (χ4n) is 2.94. The van der Waals surface area contributed by atoms with Crippen molar-refractivity contribution >= 4 is 12.1 Å². The molecule has 0 spiro atoms. The van der Waals surface area contributed by atoms with Gasteiger partial charge in [-0.25, -0.2) is 9.59 Å². The fourth-order valence-corrected chi connectivity index (χ4v) is 2.94. The topological polar surface area (TPSA) is 65.1 Å². The lowest BCUT2D eigenvalue weighted by Crippen LogP contribution is -2.53. The Morgan fingerprint density at radius 3 is 2.74 bits per heavy atom. The SMILES string of the molecule is CN(C)C(=O)N[C@@H]1CC[C@@H]2CN1C(=O)N2OCc1ccccc1. The van der Waals surface area contributed by atoms with E-state index in [0.29, 0.717) is 13.2 Å². The lowest BCUT2D eigenvalue weighted by atomic mass is 10.1. The maximum atomic E-state index is 12.5. The van der Waals surface area contributed by atoms with Crippen LogP contribution in [0.5, 0.6) is 0 Å². The predicted octanol–water partition coefficient (Wildman–Crippen LogP) is 1.62. The highest BCUT2D eigenvalue weighted by Crippen LogP contribution is 2.29. The first kappa shape index (κ1) is 15.6. The summed E-state index contributed by atoms with van der Waals surface area (Å²) in [6.45, 7) is 0.956. The van der Waals surface area contributed by atoms with Gasteiger partial charge in [0.05, 0.1) is 6.04 Å². The van der Waals surface area contributed by atoms with E-state index in [0.717, 1.165) is 18.4 Å². The van der Waals surface area contributed by atoms with Crippen LogP contribution in [-0.4, -0.2) is 59.8 Å². The van der Waals surface area contributed by atoms with Crippen LogP contribution in [0, 0.1) is 0 Å². The average Bonchev–Trinajstić information content (AvgIpc) is 2.81. The summed E-state index contributed by atoms with van der Waals surface area (Å²) in [5.74, 6) is 0. The zero-order valence-corrected chi connectivity index (χ0v) is 13.4. The van der Waals surface area contributed by atoms with Crippen molar-refractivity contribution in [3.8, 4) is 0 Å². The van der Waals surface area contributed by atoms with Crippen LogP contribution in [0.4, 0.5) is 9.59 Å². The van der Waals surface area contributed by atoms with Crippen molar-refractivity contribution in [2.75, 3.05) is 20.6 Å². The minimum absolute atomic E-state index is 0.0544. The lowest BCUT2D eigenvalue weighted by Gasteiger charge is -2.31. The molecule has 0 saturated carbocycles. The molecule has 3 rings (SSSR count). The average molecular weight is 318 g/mol. The van der Waals surface area contributed by atoms with Gasteiger partial charge in [-0.2, -0.15) is 5.06 Å². The number of amides is 4. The summed E-state index contributed by atoms with van der Waals surface area (Å²) in [6.07, 6.45) is 1.29. The highest BCUT2D eigenvalue weighted by molar-refractivity contribution is 5.79. The highest BCUT2D eigenvalue weighted by Gasteiger charge is 2.46. The van der Waals surface area contributed by atoms with E-state index in [1.807, 2.05) is 30.3 Å². The van der Waals surface area contributed by atoms with Gasteiger partial charge in [-0.15, -0.1) is 0 Å². The van der Waals surface area contributed by atoms with E-state index < -0.39 is 0 Å². The van der Waals surface area contributed by atoms with Gasteiger partial charge in [0.1, 0.15) is 12.8 Å². The van der Waals surface area contributed by atoms with E-state index in [2.05, 4.69) is 5.32 Å². The molecular weight excluding hydrogens is 296 g/mol. The van der Waals surface area contributed by atoms with Crippen molar-refractivity contribution in [2.24, 2.45) is 0 Å². The summed E-state index contributed by atoms with van der Waals surface area (Å²) in [7, 11) is 3.37. The van der Waals surface area contributed by atoms with E-state index in [4.69, 9.17) is 4.84 Å². The summed E-state index contributed by atoms with van der Waals surface area (Å²) in [4.78, 5) is 33.2.